The van der Waals surface area contributed by atoms with Crippen LogP contribution in [0.4, 0.5) is 5.82 Å². The lowest BCUT2D eigenvalue weighted by molar-refractivity contribution is 0.563. The fourth-order valence-electron chi connectivity index (χ4n) is 2.34. The zero-order chi connectivity index (χ0) is 13.2. The van der Waals surface area contributed by atoms with E-state index in [0.717, 1.165) is 36.9 Å². The van der Waals surface area contributed by atoms with Crippen LogP contribution in [-0.2, 0) is 19.4 Å². The third kappa shape index (κ3) is 2.47. The molecule has 0 aliphatic heterocycles. The summed E-state index contributed by atoms with van der Waals surface area (Å²) in [4.78, 5) is 20.2. The van der Waals surface area contributed by atoms with Gasteiger partial charge in [-0.2, -0.15) is 5.10 Å². The number of fused-ring (bicyclic) bond motifs is 1. The van der Waals surface area contributed by atoms with Gasteiger partial charge in [-0.3, -0.25) is 4.79 Å². The molecule has 0 fully saturated rings. The number of aryl methyl sites for hydroxylation is 2. The SMILES string of the molecule is Nc1ccnc(Cn2nc3c(cc2=O)CCCC3)n1. The smallest absolute Gasteiger partial charge is 0.267 e. The number of hydrogen-bond acceptors (Lipinski definition) is 5. The van der Waals surface area contributed by atoms with E-state index in [1.165, 1.54) is 4.68 Å². The molecule has 2 aromatic heterocycles. The molecule has 98 valence electrons. The maximum atomic E-state index is 12.0. The number of rotatable bonds is 2. The summed E-state index contributed by atoms with van der Waals surface area (Å²) in [5.74, 6) is 0.904. The van der Waals surface area contributed by atoms with E-state index in [2.05, 4.69) is 15.1 Å². The molecular weight excluding hydrogens is 242 g/mol. The second-order valence-corrected chi connectivity index (χ2v) is 4.72. The number of nitrogens with zero attached hydrogens (tertiary/aromatic N) is 4. The fourth-order valence-corrected chi connectivity index (χ4v) is 2.34. The minimum Gasteiger partial charge on any atom is -0.384 e. The van der Waals surface area contributed by atoms with Gasteiger partial charge in [0, 0.05) is 12.3 Å². The normalized spacial score (nSPS) is 14.1. The fraction of sp³-hybridized carbons (Fsp3) is 0.385. The van der Waals surface area contributed by atoms with Crippen molar-refractivity contribution in [3.8, 4) is 0 Å². The molecule has 0 amide bonds. The van der Waals surface area contributed by atoms with Crippen molar-refractivity contribution in [1.82, 2.24) is 19.7 Å². The van der Waals surface area contributed by atoms with Gasteiger partial charge in [0.15, 0.2) is 5.82 Å². The average molecular weight is 257 g/mol. The molecule has 0 radical (unpaired) electrons. The predicted molar refractivity (Wildman–Crippen MR) is 70.7 cm³/mol. The molecular formula is C13H15N5O. The van der Waals surface area contributed by atoms with Gasteiger partial charge in [0.2, 0.25) is 0 Å². The Balaban J connectivity index is 1.95. The lowest BCUT2D eigenvalue weighted by Gasteiger charge is -2.15. The first-order valence-corrected chi connectivity index (χ1v) is 6.40. The molecule has 0 unspecified atom stereocenters. The molecule has 2 aromatic rings. The van der Waals surface area contributed by atoms with Crippen LogP contribution >= 0.6 is 0 Å². The van der Waals surface area contributed by atoms with Gasteiger partial charge in [-0.25, -0.2) is 14.6 Å². The zero-order valence-electron chi connectivity index (χ0n) is 10.5. The third-order valence-corrected chi connectivity index (χ3v) is 3.29. The van der Waals surface area contributed by atoms with Gasteiger partial charge in [-0.15, -0.1) is 0 Å². The van der Waals surface area contributed by atoms with E-state index >= 15 is 0 Å². The van der Waals surface area contributed by atoms with Crippen LogP contribution < -0.4 is 11.3 Å². The molecule has 6 heteroatoms. The zero-order valence-corrected chi connectivity index (χ0v) is 10.5. The molecule has 0 atom stereocenters. The van der Waals surface area contributed by atoms with Crippen molar-refractivity contribution in [2.45, 2.75) is 32.2 Å². The van der Waals surface area contributed by atoms with Crippen LogP contribution in [0.15, 0.2) is 23.1 Å². The van der Waals surface area contributed by atoms with Gasteiger partial charge in [-0.1, -0.05) is 0 Å². The maximum Gasteiger partial charge on any atom is 0.267 e. The highest BCUT2D eigenvalue weighted by Gasteiger charge is 2.13. The second kappa shape index (κ2) is 4.79. The Labute approximate surface area is 110 Å². The van der Waals surface area contributed by atoms with E-state index in [9.17, 15) is 4.79 Å². The van der Waals surface area contributed by atoms with Crippen LogP contribution in [0.5, 0.6) is 0 Å². The Morgan fingerprint density at radius 3 is 3.00 bits per heavy atom. The quantitative estimate of drug-likeness (QED) is 0.848. The summed E-state index contributed by atoms with van der Waals surface area (Å²) in [5, 5.41) is 4.42. The highest BCUT2D eigenvalue weighted by Crippen LogP contribution is 2.16. The summed E-state index contributed by atoms with van der Waals surface area (Å²) in [6.45, 7) is 0.261. The van der Waals surface area contributed by atoms with Crippen LogP contribution in [0.1, 0.15) is 29.9 Å². The number of anilines is 1. The van der Waals surface area contributed by atoms with Gasteiger partial charge >= 0.3 is 0 Å². The summed E-state index contributed by atoms with van der Waals surface area (Å²) in [6.07, 6.45) is 5.74. The van der Waals surface area contributed by atoms with Crippen LogP contribution in [0.25, 0.3) is 0 Å². The molecule has 0 aromatic carbocycles. The molecule has 6 nitrogen and oxygen atoms in total. The first-order chi connectivity index (χ1) is 9.22. The van der Waals surface area contributed by atoms with Gasteiger partial charge in [0.1, 0.15) is 12.4 Å². The van der Waals surface area contributed by atoms with Crippen LogP contribution in [0, 0.1) is 0 Å². The molecule has 3 rings (SSSR count). The van der Waals surface area contributed by atoms with Crippen molar-refractivity contribution in [2.24, 2.45) is 0 Å². The van der Waals surface area contributed by atoms with E-state index in [4.69, 9.17) is 5.73 Å². The standard InChI is InChI=1S/C13H15N5O/c14-11-5-6-15-12(16-11)8-18-13(19)7-9-3-1-2-4-10(9)17-18/h5-7H,1-4,8H2,(H2,14,15,16). The van der Waals surface area contributed by atoms with Crippen molar-refractivity contribution in [1.29, 1.82) is 0 Å². The molecule has 1 aliphatic carbocycles. The minimum atomic E-state index is -0.105. The largest absolute Gasteiger partial charge is 0.384 e. The van der Waals surface area contributed by atoms with E-state index in [1.807, 2.05) is 0 Å². The summed E-state index contributed by atoms with van der Waals surface area (Å²) >= 11 is 0. The highest BCUT2D eigenvalue weighted by atomic mass is 16.1. The number of hydrogen-bond donors (Lipinski definition) is 1. The summed E-state index contributed by atoms with van der Waals surface area (Å²) in [5.41, 5.74) is 7.60. The topological polar surface area (TPSA) is 86.7 Å². The molecule has 0 spiro atoms. The number of nitrogen functional groups attached to an aromatic ring is 1. The predicted octanol–water partition coefficient (Wildman–Crippen LogP) is 0.543. The van der Waals surface area contributed by atoms with Crippen LogP contribution in [0.2, 0.25) is 0 Å². The second-order valence-electron chi connectivity index (χ2n) is 4.72. The Morgan fingerprint density at radius 1 is 1.32 bits per heavy atom. The van der Waals surface area contributed by atoms with Gasteiger partial charge in [0.25, 0.3) is 5.56 Å². The first-order valence-electron chi connectivity index (χ1n) is 6.40. The molecule has 0 saturated carbocycles. The van der Waals surface area contributed by atoms with E-state index < -0.39 is 0 Å². The third-order valence-electron chi connectivity index (χ3n) is 3.29. The van der Waals surface area contributed by atoms with Crippen molar-refractivity contribution in [3.63, 3.8) is 0 Å². The Hall–Kier alpha value is -2.24. The maximum absolute atomic E-state index is 12.0. The Kier molecular flexibility index (Phi) is 2.98. The number of nitrogens with two attached hydrogens (primary N) is 1. The number of aromatic nitrogens is 4. The van der Waals surface area contributed by atoms with Crippen molar-refractivity contribution >= 4 is 5.82 Å². The highest BCUT2D eigenvalue weighted by molar-refractivity contribution is 5.25. The molecule has 0 saturated heterocycles. The van der Waals surface area contributed by atoms with Gasteiger partial charge in [-0.05, 0) is 37.3 Å². The average Bonchev–Trinajstić information content (AvgIpc) is 2.40. The Bertz CT molecular complexity index is 664. The van der Waals surface area contributed by atoms with Crippen molar-refractivity contribution < 1.29 is 0 Å². The molecule has 0 bridgehead atoms. The summed E-state index contributed by atoms with van der Waals surface area (Å²) < 4.78 is 1.42. The van der Waals surface area contributed by atoms with E-state index in [0.29, 0.717) is 11.6 Å². The Morgan fingerprint density at radius 2 is 2.16 bits per heavy atom. The molecule has 2 heterocycles. The first kappa shape index (κ1) is 11.8. The van der Waals surface area contributed by atoms with Crippen LogP contribution in [-0.4, -0.2) is 19.7 Å². The summed E-state index contributed by atoms with van der Waals surface area (Å²) in [7, 11) is 0. The lowest BCUT2D eigenvalue weighted by atomic mass is 9.97. The van der Waals surface area contributed by atoms with Crippen LogP contribution in [0.3, 0.4) is 0 Å². The van der Waals surface area contributed by atoms with E-state index in [-0.39, 0.29) is 12.1 Å². The minimum absolute atomic E-state index is 0.105. The van der Waals surface area contributed by atoms with Gasteiger partial charge in [0.05, 0.1) is 5.69 Å². The lowest BCUT2D eigenvalue weighted by Crippen LogP contribution is -2.27. The van der Waals surface area contributed by atoms with E-state index in [1.54, 1.807) is 18.3 Å². The summed E-state index contributed by atoms with van der Waals surface area (Å²) in [6, 6.07) is 3.31. The molecule has 19 heavy (non-hydrogen) atoms. The van der Waals surface area contributed by atoms with Crippen molar-refractivity contribution in [3.05, 3.63) is 45.8 Å². The van der Waals surface area contributed by atoms with Gasteiger partial charge < -0.3 is 5.73 Å². The monoisotopic (exact) mass is 257 g/mol. The molecule has 1 aliphatic rings. The van der Waals surface area contributed by atoms with Crippen molar-refractivity contribution in [2.75, 3.05) is 5.73 Å². The molecule has 2 N–H and O–H groups in total.